The smallest absolute Gasteiger partial charge is 0.416 e. The summed E-state index contributed by atoms with van der Waals surface area (Å²) in [6.07, 6.45) is -3.78. The summed E-state index contributed by atoms with van der Waals surface area (Å²) < 4.78 is 51.3. The van der Waals surface area contributed by atoms with Crippen LogP contribution in [0, 0.1) is 22.5 Å². The normalized spacial score (nSPS) is 15.2. The predicted octanol–water partition coefficient (Wildman–Crippen LogP) is 5.29. The Labute approximate surface area is 208 Å². The Bertz CT molecular complexity index is 1390. The third kappa shape index (κ3) is 5.34. The number of nitro benzene ring substituents is 1. The van der Waals surface area contributed by atoms with E-state index < -0.39 is 39.8 Å². The number of benzene rings is 2. The highest BCUT2D eigenvalue weighted by Gasteiger charge is 2.51. The van der Waals surface area contributed by atoms with E-state index in [1.165, 1.54) is 7.11 Å². The van der Waals surface area contributed by atoms with Gasteiger partial charge in [-0.05, 0) is 44.4 Å². The molecule has 0 bridgehead atoms. The summed E-state index contributed by atoms with van der Waals surface area (Å²) >= 11 is 0. The first-order valence-electron chi connectivity index (χ1n) is 11.2. The molecule has 0 radical (unpaired) electrons. The van der Waals surface area contributed by atoms with Gasteiger partial charge in [0.25, 0.3) is 5.69 Å². The molecule has 1 saturated carbocycles. The number of alkyl halides is 3. The van der Waals surface area contributed by atoms with Crippen LogP contribution in [-0.2, 0) is 11.0 Å². The van der Waals surface area contributed by atoms with E-state index in [4.69, 9.17) is 9.47 Å². The van der Waals surface area contributed by atoms with Gasteiger partial charge in [0, 0.05) is 23.6 Å². The van der Waals surface area contributed by atoms with Gasteiger partial charge in [0.05, 0.1) is 29.2 Å². The van der Waals surface area contributed by atoms with E-state index >= 15 is 0 Å². The van der Waals surface area contributed by atoms with Crippen molar-refractivity contribution in [3.05, 3.63) is 57.4 Å². The number of rotatable bonds is 9. The molecule has 1 heterocycles. The number of nitro groups is 1. The van der Waals surface area contributed by atoms with E-state index in [0.717, 1.165) is 12.1 Å². The lowest BCUT2D eigenvalue weighted by atomic mass is 10.0. The van der Waals surface area contributed by atoms with Crippen molar-refractivity contribution in [2.24, 2.45) is 5.41 Å². The molecule has 0 saturated heterocycles. The van der Waals surface area contributed by atoms with Gasteiger partial charge in [0.15, 0.2) is 11.5 Å². The Morgan fingerprint density at radius 3 is 2.49 bits per heavy atom. The number of aliphatic carboxylic acids is 1. The summed E-state index contributed by atoms with van der Waals surface area (Å²) in [5.74, 6) is 0.231. The molecule has 1 aliphatic carbocycles. The van der Waals surface area contributed by atoms with Gasteiger partial charge in [-0.15, -0.1) is 0 Å². The number of ether oxygens (including phenoxy) is 2. The van der Waals surface area contributed by atoms with Crippen molar-refractivity contribution in [2.75, 3.05) is 19.0 Å². The zero-order valence-corrected chi connectivity index (χ0v) is 20.0. The lowest BCUT2D eigenvalue weighted by Gasteiger charge is -2.19. The Kier molecular flexibility index (Phi) is 6.57. The summed E-state index contributed by atoms with van der Waals surface area (Å²) in [4.78, 5) is 30.6. The first-order chi connectivity index (χ1) is 17.3. The number of nitrogens with zero attached hydrogens (tertiary/aromatic N) is 3. The Morgan fingerprint density at radius 2 is 1.92 bits per heavy atom. The monoisotopic (exact) mass is 520 g/mol. The van der Waals surface area contributed by atoms with Crippen molar-refractivity contribution in [1.82, 2.24) is 9.97 Å². The van der Waals surface area contributed by atoms with Crippen LogP contribution in [0.2, 0.25) is 0 Å². The highest BCUT2D eigenvalue weighted by Crippen LogP contribution is 2.47. The summed E-state index contributed by atoms with van der Waals surface area (Å²) in [5.41, 5.74) is -2.29. The van der Waals surface area contributed by atoms with E-state index in [2.05, 4.69) is 15.3 Å². The number of anilines is 1. The Balaban J connectivity index is 1.72. The van der Waals surface area contributed by atoms with Gasteiger partial charge in [-0.1, -0.05) is 0 Å². The fourth-order valence-electron chi connectivity index (χ4n) is 3.86. The molecule has 2 N–H and O–H groups in total. The van der Waals surface area contributed by atoms with Crippen molar-refractivity contribution in [2.45, 2.75) is 38.9 Å². The van der Waals surface area contributed by atoms with Crippen molar-refractivity contribution in [3.8, 4) is 11.5 Å². The lowest BCUT2D eigenvalue weighted by molar-refractivity contribution is -0.385. The molecule has 0 aliphatic heterocycles. The number of nitrogens with one attached hydrogen (secondary N) is 1. The van der Waals surface area contributed by atoms with Crippen LogP contribution in [-0.4, -0.2) is 39.7 Å². The molecule has 1 aliphatic rings. The maximum absolute atomic E-state index is 13.4. The fourth-order valence-corrected chi connectivity index (χ4v) is 3.86. The zero-order chi connectivity index (χ0) is 27.1. The average Bonchev–Trinajstić information content (AvgIpc) is 3.62. The number of hydrogen-bond acceptors (Lipinski definition) is 8. The molecule has 1 atom stereocenters. The van der Waals surface area contributed by atoms with Crippen molar-refractivity contribution < 1.29 is 37.5 Å². The second-order valence-electron chi connectivity index (χ2n) is 8.95. The number of carbonyl (C=O) groups is 1. The summed E-state index contributed by atoms with van der Waals surface area (Å²) in [6.45, 7) is 3.11. The molecule has 3 aromatic rings. The Morgan fingerprint density at radius 1 is 1.22 bits per heavy atom. The molecule has 37 heavy (non-hydrogen) atoms. The van der Waals surface area contributed by atoms with E-state index in [-0.39, 0.29) is 23.7 Å². The number of carboxylic acids is 1. The van der Waals surface area contributed by atoms with Crippen molar-refractivity contribution in [3.63, 3.8) is 0 Å². The standard InChI is InChI=1S/C24H23F3N4O6/c1-12(14-6-15(24(25,26)27)8-16(7-14)31(34)35)28-21-17-9-20(37-11-23(4-5-23)22(32)33)19(36-3)10-18(17)29-13(2)30-21/h6-10,12H,4-5,11H2,1-3H3,(H,32,33)(H,28,29,30)/t12-/m1/s1. The first-order valence-corrected chi connectivity index (χ1v) is 11.2. The highest BCUT2D eigenvalue weighted by atomic mass is 19.4. The first kappa shape index (κ1) is 25.9. The second kappa shape index (κ2) is 9.37. The van der Waals surface area contributed by atoms with Gasteiger partial charge in [-0.25, -0.2) is 9.97 Å². The van der Waals surface area contributed by atoms with Crippen LogP contribution in [0.4, 0.5) is 24.7 Å². The molecular weight excluding hydrogens is 497 g/mol. The number of carboxylic acid groups (broad SMARTS) is 1. The van der Waals surface area contributed by atoms with Crippen LogP contribution in [0.1, 0.15) is 42.8 Å². The van der Waals surface area contributed by atoms with Gasteiger partial charge in [-0.3, -0.25) is 14.9 Å². The number of methoxy groups -OCH3 is 1. The molecular formula is C24H23F3N4O6. The van der Waals surface area contributed by atoms with Gasteiger partial charge < -0.3 is 19.9 Å². The second-order valence-corrected chi connectivity index (χ2v) is 8.95. The molecule has 1 aromatic heterocycles. The van der Waals surface area contributed by atoms with E-state index in [1.807, 2.05) is 0 Å². The third-order valence-electron chi connectivity index (χ3n) is 6.24. The van der Waals surface area contributed by atoms with Gasteiger partial charge in [0.2, 0.25) is 0 Å². The minimum absolute atomic E-state index is 0.0352. The van der Waals surface area contributed by atoms with Crippen LogP contribution < -0.4 is 14.8 Å². The summed E-state index contributed by atoms with van der Waals surface area (Å²) in [5, 5.41) is 24.1. The number of fused-ring (bicyclic) bond motifs is 1. The van der Waals surface area contributed by atoms with Crippen LogP contribution in [0.15, 0.2) is 30.3 Å². The fraction of sp³-hybridized carbons (Fsp3) is 0.375. The van der Waals surface area contributed by atoms with Gasteiger partial charge in [-0.2, -0.15) is 13.2 Å². The number of aromatic nitrogens is 2. The molecule has 10 nitrogen and oxygen atoms in total. The van der Waals surface area contributed by atoms with Crippen LogP contribution in [0.5, 0.6) is 11.5 Å². The van der Waals surface area contributed by atoms with Crippen molar-refractivity contribution in [1.29, 1.82) is 0 Å². The minimum atomic E-state index is -4.77. The molecule has 0 spiro atoms. The summed E-state index contributed by atoms with van der Waals surface area (Å²) in [6, 6.07) is 4.74. The molecule has 0 amide bonds. The van der Waals surface area contributed by atoms with E-state index in [1.54, 1.807) is 26.0 Å². The molecule has 2 aromatic carbocycles. The predicted molar refractivity (Wildman–Crippen MR) is 126 cm³/mol. The van der Waals surface area contributed by atoms with Crippen LogP contribution in [0.25, 0.3) is 10.9 Å². The molecule has 0 unspecified atom stereocenters. The van der Waals surface area contributed by atoms with E-state index in [9.17, 15) is 33.2 Å². The SMILES string of the molecule is COc1cc2nc(C)nc(N[C@H](C)c3cc([N+](=O)[O-])cc(C(F)(F)F)c3)c2cc1OCC1(C(=O)O)CC1. The quantitative estimate of drug-likeness (QED) is 0.285. The molecule has 4 rings (SSSR count). The van der Waals surface area contributed by atoms with Gasteiger partial charge >= 0.3 is 12.1 Å². The molecule has 13 heteroatoms. The van der Waals surface area contributed by atoms with Crippen molar-refractivity contribution >= 4 is 28.4 Å². The molecule has 196 valence electrons. The number of non-ortho nitro benzene ring substituents is 1. The highest BCUT2D eigenvalue weighted by molar-refractivity contribution is 5.92. The van der Waals surface area contributed by atoms with Crippen LogP contribution in [0.3, 0.4) is 0 Å². The topological polar surface area (TPSA) is 137 Å². The largest absolute Gasteiger partial charge is 0.493 e. The van der Waals surface area contributed by atoms with E-state index in [0.29, 0.717) is 41.4 Å². The minimum Gasteiger partial charge on any atom is -0.493 e. The summed E-state index contributed by atoms with van der Waals surface area (Å²) in [7, 11) is 1.42. The zero-order valence-electron chi connectivity index (χ0n) is 20.0. The van der Waals surface area contributed by atoms with Crippen LogP contribution >= 0.6 is 0 Å². The Hall–Kier alpha value is -4.16. The number of hydrogen-bond donors (Lipinski definition) is 2. The average molecular weight is 520 g/mol. The number of aryl methyl sites for hydroxylation is 1. The maximum atomic E-state index is 13.4. The van der Waals surface area contributed by atoms with Gasteiger partial charge in [0.1, 0.15) is 23.7 Å². The number of halogens is 3. The molecule has 1 fully saturated rings. The maximum Gasteiger partial charge on any atom is 0.416 e. The lowest BCUT2D eigenvalue weighted by Crippen LogP contribution is -2.23. The third-order valence-corrected chi connectivity index (χ3v) is 6.24.